The summed E-state index contributed by atoms with van der Waals surface area (Å²) in [7, 11) is 0. The van der Waals surface area contributed by atoms with Crippen molar-refractivity contribution >= 4 is 16.5 Å². The van der Waals surface area contributed by atoms with Crippen LogP contribution in [0.5, 0.6) is 0 Å². The van der Waals surface area contributed by atoms with Crippen molar-refractivity contribution in [3.63, 3.8) is 0 Å². The second-order valence-corrected chi connectivity index (χ2v) is 6.90. The molecule has 1 aliphatic carbocycles. The van der Waals surface area contributed by atoms with Gasteiger partial charge in [0.2, 0.25) is 0 Å². The number of thiazole rings is 1. The number of rotatable bonds is 4. The zero-order valence-electron chi connectivity index (χ0n) is 12.3. The molecule has 1 aliphatic heterocycles. The third-order valence-corrected chi connectivity index (χ3v) is 5.48. The molecule has 2 aliphatic rings. The molecule has 20 heavy (non-hydrogen) atoms. The number of fused-ring (bicyclic) bond motifs is 1. The minimum absolute atomic E-state index is 0.210. The van der Waals surface area contributed by atoms with Gasteiger partial charge >= 0.3 is 0 Å². The van der Waals surface area contributed by atoms with Crippen LogP contribution >= 0.6 is 11.3 Å². The Balaban J connectivity index is 1.69. The van der Waals surface area contributed by atoms with Crippen molar-refractivity contribution in [3.05, 3.63) is 10.6 Å². The van der Waals surface area contributed by atoms with Gasteiger partial charge in [-0.1, -0.05) is 18.3 Å². The highest BCUT2D eigenvalue weighted by molar-refractivity contribution is 7.15. The maximum atomic E-state index is 6.21. The quantitative estimate of drug-likeness (QED) is 0.928. The first-order chi connectivity index (χ1) is 9.78. The number of ether oxygens (including phenoxy) is 1. The molecule has 3 rings (SSSR count). The summed E-state index contributed by atoms with van der Waals surface area (Å²) in [6.45, 7) is 5.13. The third-order valence-electron chi connectivity index (χ3n) is 4.19. The summed E-state index contributed by atoms with van der Waals surface area (Å²) in [4.78, 5) is 8.57. The predicted octanol–water partition coefficient (Wildman–Crippen LogP) is 2.87. The Kier molecular flexibility index (Phi) is 4.58. The Morgan fingerprint density at radius 1 is 1.40 bits per heavy atom. The highest BCUT2D eigenvalue weighted by Crippen LogP contribution is 2.37. The van der Waals surface area contributed by atoms with Gasteiger partial charge in [-0.05, 0) is 38.5 Å². The normalized spacial score (nSPS) is 26.6. The Labute approximate surface area is 125 Å². The first-order valence-electron chi connectivity index (χ1n) is 7.89. The summed E-state index contributed by atoms with van der Waals surface area (Å²) < 4.78 is 5.92. The molecule has 5 heteroatoms. The lowest BCUT2D eigenvalue weighted by Crippen LogP contribution is -2.39. The van der Waals surface area contributed by atoms with E-state index >= 15 is 0 Å². The maximum absolute atomic E-state index is 6.21. The predicted molar refractivity (Wildman–Crippen MR) is 83.5 cm³/mol. The van der Waals surface area contributed by atoms with Crippen LogP contribution in [0, 0.1) is 0 Å². The van der Waals surface area contributed by atoms with E-state index in [-0.39, 0.29) is 6.04 Å². The van der Waals surface area contributed by atoms with Crippen LogP contribution in [0.4, 0.5) is 5.13 Å². The van der Waals surface area contributed by atoms with E-state index in [9.17, 15) is 0 Å². The van der Waals surface area contributed by atoms with Crippen LogP contribution in [0.3, 0.4) is 0 Å². The van der Waals surface area contributed by atoms with Gasteiger partial charge in [0.15, 0.2) is 5.13 Å². The van der Waals surface area contributed by atoms with E-state index in [0.717, 1.165) is 44.1 Å². The SMILES string of the molecule is CCCOC1CCCN(c2nc3c(s2)C(N)CCC3)C1. The fourth-order valence-corrected chi connectivity index (χ4v) is 4.29. The zero-order chi connectivity index (χ0) is 13.9. The number of hydrogen-bond acceptors (Lipinski definition) is 5. The molecule has 1 saturated heterocycles. The third kappa shape index (κ3) is 3.00. The number of aryl methyl sites for hydroxylation is 1. The molecule has 0 spiro atoms. The van der Waals surface area contributed by atoms with Gasteiger partial charge in [0, 0.05) is 30.6 Å². The summed E-state index contributed by atoms with van der Waals surface area (Å²) in [5, 5.41) is 1.16. The molecule has 1 fully saturated rings. The van der Waals surface area contributed by atoms with Gasteiger partial charge in [0.05, 0.1) is 11.8 Å². The van der Waals surface area contributed by atoms with Crippen LogP contribution in [0.25, 0.3) is 0 Å². The Hall–Kier alpha value is -0.650. The van der Waals surface area contributed by atoms with Crippen LogP contribution in [0.15, 0.2) is 0 Å². The summed E-state index contributed by atoms with van der Waals surface area (Å²) in [5.74, 6) is 0. The largest absolute Gasteiger partial charge is 0.376 e. The molecule has 0 aromatic carbocycles. The van der Waals surface area contributed by atoms with E-state index in [1.165, 1.54) is 29.8 Å². The molecule has 0 amide bonds. The first-order valence-corrected chi connectivity index (χ1v) is 8.71. The van der Waals surface area contributed by atoms with E-state index in [1.807, 2.05) is 11.3 Å². The van der Waals surface area contributed by atoms with E-state index in [4.69, 9.17) is 15.5 Å². The molecule has 1 aromatic rings. The molecule has 1 aromatic heterocycles. The molecular weight excluding hydrogens is 270 g/mol. The highest BCUT2D eigenvalue weighted by Gasteiger charge is 2.27. The van der Waals surface area contributed by atoms with E-state index in [2.05, 4.69) is 11.8 Å². The second kappa shape index (κ2) is 6.41. The second-order valence-electron chi connectivity index (χ2n) is 5.89. The number of nitrogens with two attached hydrogens (primary N) is 1. The minimum Gasteiger partial charge on any atom is -0.376 e. The molecule has 2 unspecified atom stereocenters. The fourth-order valence-electron chi connectivity index (χ4n) is 3.11. The lowest BCUT2D eigenvalue weighted by Gasteiger charge is -2.32. The lowest BCUT2D eigenvalue weighted by atomic mass is 9.99. The number of nitrogens with zero attached hydrogens (tertiary/aromatic N) is 2. The van der Waals surface area contributed by atoms with Crippen molar-refractivity contribution in [2.45, 2.75) is 57.6 Å². The molecule has 2 atom stereocenters. The lowest BCUT2D eigenvalue weighted by molar-refractivity contribution is 0.0440. The Morgan fingerprint density at radius 3 is 3.10 bits per heavy atom. The van der Waals surface area contributed by atoms with Crippen molar-refractivity contribution in [2.24, 2.45) is 5.73 Å². The minimum atomic E-state index is 0.210. The van der Waals surface area contributed by atoms with Gasteiger partial charge < -0.3 is 15.4 Å². The number of aromatic nitrogens is 1. The average Bonchev–Trinajstić information content (AvgIpc) is 2.91. The molecule has 2 heterocycles. The zero-order valence-corrected chi connectivity index (χ0v) is 13.1. The summed E-state index contributed by atoms with van der Waals surface area (Å²) >= 11 is 1.81. The molecule has 0 bridgehead atoms. The molecule has 112 valence electrons. The van der Waals surface area contributed by atoms with Crippen LogP contribution in [0.2, 0.25) is 0 Å². The Bertz CT molecular complexity index is 448. The van der Waals surface area contributed by atoms with E-state index < -0.39 is 0 Å². The molecule has 2 N–H and O–H groups in total. The molecule has 0 radical (unpaired) electrons. The van der Waals surface area contributed by atoms with Crippen LogP contribution in [-0.4, -0.2) is 30.8 Å². The average molecular weight is 295 g/mol. The van der Waals surface area contributed by atoms with E-state index in [1.54, 1.807) is 0 Å². The van der Waals surface area contributed by atoms with Crippen molar-refractivity contribution in [2.75, 3.05) is 24.6 Å². The standard InChI is InChI=1S/C15H25N3OS/c1-2-9-19-11-5-4-8-18(10-11)15-17-13-7-3-6-12(16)14(13)20-15/h11-12H,2-10,16H2,1H3. The first kappa shape index (κ1) is 14.3. The number of piperidine rings is 1. The van der Waals surface area contributed by atoms with Crippen molar-refractivity contribution in [3.8, 4) is 0 Å². The van der Waals surface area contributed by atoms with Gasteiger partial charge in [-0.25, -0.2) is 4.98 Å². The highest BCUT2D eigenvalue weighted by atomic mass is 32.1. The van der Waals surface area contributed by atoms with Crippen LogP contribution in [-0.2, 0) is 11.2 Å². The van der Waals surface area contributed by atoms with Gasteiger partial charge in [-0.3, -0.25) is 0 Å². The van der Waals surface area contributed by atoms with Crippen LogP contribution in [0.1, 0.15) is 55.6 Å². The molecule has 4 nitrogen and oxygen atoms in total. The van der Waals surface area contributed by atoms with Gasteiger partial charge in [0.1, 0.15) is 0 Å². The van der Waals surface area contributed by atoms with E-state index in [0.29, 0.717) is 6.10 Å². The molecule has 0 saturated carbocycles. The monoisotopic (exact) mass is 295 g/mol. The summed E-state index contributed by atoms with van der Waals surface area (Å²) in [6, 6.07) is 0.210. The number of anilines is 1. The topological polar surface area (TPSA) is 51.4 Å². The van der Waals surface area contributed by atoms with Crippen molar-refractivity contribution in [1.82, 2.24) is 4.98 Å². The smallest absolute Gasteiger partial charge is 0.185 e. The van der Waals surface area contributed by atoms with Crippen LogP contribution < -0.4 is 10.6 Å². The summed E-state index contributed by atoms with van der Waals surface area (Å²) in [5.41, 5.74) is 7.46. The van der Waals surface area contributed by atoms with Gasteiger partial charge in [-0.2, -0.15) is 0 Å². The molecular formula is C15H25N3OS. The fraction of sp³-hybridized carbons (Fsp3) is 0.800. The summed E-state index contributed by atoms with van der Waals surface area (Å²) in [6.07, 6.45) is 7.24. The van der Waals surface area contributed by atoms with Crippen molar-refractivity contribution in [1.29, 1.82) is 0 Å². The van der Waals surface area contributed by atoms with Gasteiger partial charge in [0.25, 0.3) is 0 Å². The van der Waals surface area contributed by atoms with Crippen molar-refractivity contribution < 1.29 is 4.74 Å². The Morgan fingerprint density at radius 2 is 2.30 bits per heavy atom. The maximum Gasteiger partial charge on any atom is 0.185 e. The van der Waals surface area contributed by atoms with Gasteiger partial charge in [-0.15, -0.1) is 0 Å². The number of hydrogen-bond donors (Lipinski definition) is 1.